The monoisotopic (exact) mass is 291 g/mol. The van der Waals surface area contributed by atoms with Crippen LogP contribution in [0.1, 0.15) is 15.9 Å². The Balaban J connectivity index is 2.46. The van der Waals surface area contributed by atoms with Gasteiger partial charge in [-0.1, -0.05) is 17.7 Å². The van der Waals surface area contributed by atoms with Crippen molar-refractivity contribution >= 4 is 23.6 Å². The molecule has 2 aromatic carbocycles. The number of nitrogens with zero attached hydrogens (tertiary/aromatic N) is 1. The maximum Gasteiger partial charge on any atom is 0.311 e. The van der Waals surface area contributed by atoms with E-state index >= 15 is 0 Å². The van der Waals surface area contributed by atoms with Crippen molar-refractivity contribution in [1.82, 2.24) is 0 Å². The summed E-state index contributed by atoms with van der Waals surface area (Å²) in [6, 6.07) is 9.01. The molecule has 0 atom stereocenters. The van der Waals surface area contributed by atoms with E-state index in [0.29, 0.717) is 11.3 Å². The fourth-order valence-electron chi connectivity index (χ4n) is 1.68. The maximum absolute atomic E-state index is 11.0. The van der Waals surface area contributed by atoms with Crippen LogP contribution in [0, 0.1) is 17.0 Å². The molecule has 0 aromatic heterocycles. The van der Waals surface area contributed by atoms with Crippen LogP contribution in [0.25, 0.3) is 0 Å². The number of carbonyl (C=O) groups is 1. The molecule has 6 heteroatoms. The van der Waals surface area contributed by atoms with E-state index in [2.05, 4.69) is 0 Å². The average Bonchev–Trinajstić information content (AvgIpc) is 2.40. The highest BCUT2D eigenvalue weighted by Crippen LogP contribution is 2.34. The molecular weight excluding hydrogens is 282 g/mol. The number of rotatable bonds is 4. The topological polar surface area (TPSA) is 69.4 Å². The van der Waals surface area contributed by atoms with Gasteiger partial charge in [-0.3, -0.25) is 14.9 Å². The molecule has 0 saturated carbocycles. The molecule has 0 aliphatic rings. The molecular formula is C14H10ClNO4. The molecule has 0 amide bonds. The Bertz CT molecular complexity index is 685. The van der Waals surface area contributed by atoms with E-state index in [9.17, 15) is 14.9 Å². The average molecular weight is 292 g/mol. The van der Waals surface area contributed by atoms with Gasteiger partial charge in [-0.25, -0.2) is 0 Å². The lowest BCUT2D eigenvalue weighted by atomic mass is 10.2. The van der Waals surface area contributed by atoms with Crippen LogP contribution in [-0.4, -0.2) is 11.2 Å². The molecule has 0 bridgehead atoms. The predicted molar refractivity (Wildman–Crippen MR) is 74.7 cm³/mol. The normalized spacial score (nSPS) is 10.1. The first-order valence-corrected chi connectivity index (χ1v) is 6.06. The Morgan fingerprint density at radius 2 is 1.95 bits per heavy atom. The summed E-state index contributed by atoms with van der Waals surface area (Å²) in [6.45, 7) is 1.79. The lowest BCUT2D eigenvalue weighted by Gasteiger charge is -2.09. The van der Waals surface area contributed by atoms with Crippen LogP contribution < -0.4 is 4.74 Å². The molecule has 0 aliphatic carbocycles. The third-order valence-electron chi connectivity index (χ3n) is 2.63. The van der Waals surface area contributed by atoms with Gasteiger partial charge < -0.3 is 4.74 Å². The smallest absolute Gasteiger partial charge is 0.311 e. The largest absolute Gasteiger partial charge is 0.449 e. The highest BCUT2D eigenvalue weighted by Gasteiger charge is 2.17. The van der Waals surface area contributed by atoms with E-state index in [1.54, 1.807) is 25.1 Å². The second-order valence-electron chi connectivity index (χ2n) is 4.13. The summed E-state index contributed by atoms with van der Waals surface area (Å²) in [5, 5.41) is 11.4. The predicted octanol–water partition coefficient (Wildman–Crippen LogP) is 4.16. The van der Waals surface area contributed by atoms with Gasteiger partial charge in [-0.2, -0.15) is 0 Å². The second kappa shape index (κ2) is 5.71. The van der Waals surface area contributed by atoms with Gasteiger partial charge >= 0.3 is 5.69 Å². The van der Waals surface area contributed by atoms with Crippen LogP contribution >= 0.6 is 11.6 Å². The number of nitro groups is 1. The molecule has 0 saturated heterocycles. The lowest BCUT2D eigenvalue weighted by molar-refractivity contribution is -0.385. The van der Waals surface area contributed by atoms with Gasteiger partial charge in [0, 0.05) is 11.1 Å². The molecule has 0 fully saturated rings. The highest BCUT2D eigenvalue weighted by atomic mass is 35.5. The van der Waals surface area contributed by atoms with Crippen molar-refractivity contribution in [3.05, 3.63) is 62.7 Å². The molecule has 2 aromatic rings. The highest BCUT2D eigenvalue weighted by molar-refractivity contribution is 6.30. The summed E-state index contributed by atoms with van der Waals surface area (Å²) in [6.07, 6.45) is 0.586. The van der Waals surface area contributed by atoms with Gasteiger partial charge in [0.1, 0.15) is 5.75 Å². The summed E-state index contributed by atoms with van der Waals surface area (Å²) >= 11 is 5.78. The van der Waals surface area contributed by atoms with Crippen LogP contribution in [0.4, 0.5) is 5.69 Å². The van der Waals surface area contributed by atoms with E-state index < -0.39 is 4.92 Å². The number of hydrogen-bond acceptors (Lipinski definition) is 4. The summed E-state index contributed by atoms with van der Waals surface area (Å²) in [5.74, 6) is 0.304. The lowest BCUT2D eigenvalue weighted by Crippen LogP contribution is -1.96. The van der Waals surface area contributed by atoms with Gasteiger partial charge in [-0.15, -0.1) is 0 Å². The summed E-state index contributed by atoms with van der Waals surface area (Å²) in [5.41, 5.74) is 0.878. The van der Waals surface area contributed by atoms with Crippen LogP contribution in [0.15, 0.2) is 36.4 Å². The van der Waals surface area contributed by atoms with Gasteiger partial charge in [0.2, 0.25) is 5.75 Å². The molecule has 2 rings (SSSR count). The van der Waals surface area contributed by atoms with Crippen molar-refractivity contribution in [2.75, 3.05) is 0 Å². The SMILES string of the molecule is Cc1ccc([N+](=O)[O-])c(Oc2ccc(Cl)cc2C=O)c1. The van der Waals surface area contributed by atoms with Crippen molar-refractivity contribution < 1.29 is 14.5 Å². The number of aldehydes is 1. The first-order chi connectivity index (χ1) is 9.51. The van der Waals surface area contributed by atoms with E-state index in [0.717, 1.165) is 5.56 Å². The fourth-order valence-corrected chi connectivity index (χ4v) is 1.86. The molecule has 20 heavy (non-hydrogen) atoms. The second-order valence-corrected chi connectivity index (χ2v) is 4.57. The van der Waals surface area contributed by atoms with Crippen molar-refractivity contribution in [2.24, 2.45) is 0 Å². The van der Waals surface area contributed by atoms with E-state index in [1.165, 1.54) is 18.2 Å². The molecule has 102 valence electrons. The minimum absolute atomic E-state index is 0.0837. The zero-order valence-electron chi connectivity index (χ0n) is 10.5. The quantitative estimate of drug-likeness (QED) is 0.482. The van der Waals surface area contributed by atoms with E-state index in [-0.39, 0.29) is 22.7 Å². The Labute approximate surface area is 119 Å². The molecule has 0 aliphatic heterocycles. The molecule has 0 heterocycles. The number of hydrogen-bond donors (Lipinski definition) is 0. The summed E-state index contributed by atoms with van der Waals surface area (Å²) < 4.78 is 5.50. The Hall–Kier alpha value is -2.40. The number of aryl methyl sites for hydroxylation is 1. The van der Waals surface area contributed by atoms with E-state index in [4.69, 9.17) is 16.3 Å². The number of halogens is 1. The van der Waals surface area contributed by atoms with Crippen molar-refractivity contribution in [2.45, 2.75) is 6.92 Å². The summed E-state index contributed by atoms with van der Waals surface area (Å²) in [4.78, 5) is 21.4. The summed E-state index contributed by atoms with van der Waals surface area (Å²) in [7, 11) is 0. The van der Waals surface area contributed by atoms with E-state index in [1.807, 2.05) is 0 Å². The number of carbonyl (C=O) groups excluding carboxylic acids is 1. The van der Waals surface area contributed by atoms with Gasteiger partial charge in [0.05, 0.1) is 10.5 Å². The van der Waals surface area contributed by atoms with Gasteiger partial charge in [0.15, 0.2) is 6.29 Å². The zero-order chi connectivity index (χ0) is 14.7. The van der Waals surface area contributed by atoms with Crippen molar-refractivity contribution in [3.63, 3.8) is 0 Å². The first-order valence-electron chi connectivity index (χ1n) is 5.69. The zero-order valence-corrected chi connectivity index (χ0v) is 11.3. The third-order valence-corrected chi connectivity index (χ3v) is 2.87. The van der Waals surface area contributed by atoms with Crippen molar-refractivity contribution in [1.29, 1.82) is 0 Å². The van der Waals surface area contributed by atoms with Gasteiger partial charge in [0.25, 0.3) is 0 Å². The van der Waals surface area contributed by atoms with Crippen LogP contribution in [0.5, 0.6) is 11.5 Å². The van der Waals surface area contributed by atoms with Gasteiger partial charge in [-0.05, 0) is 36.8 Å². The molecule has 0 radical (unpaired) electrons. The van der Waals surface area contributed by atoms with Crippen molar-refractivity contribution in [3.8, 4) is 11.5 Å². The Kier molecular flexibility index (Phi) is 4.00. The first kappa shape index (κ1) is 14.0. The Morgan fingerprint density at radius 1 is 1.20 bits per heavy atom. The Morgan fingerprint density at radius 3 is 2.60 bits per heavy atom. The van der Waals surface area contributed by atoms with Crippen LogP contribution in [0.2, 0.25) is 5.02 Å². The number of ether oxygens (including phenoxy) is 1. The molecule has 0 spiro atoms. The van der Waals surface area contributed by atoms with Crippen LogP contribution in [-0.2, 0) is 0 Å². The van der Waals surface area contributed by atoms with Crippen LogP contribution in [0.3, 0.4) is 0 Å². The third kappa shape index (κ3) is 2.95. The number of benzene rings is 2. The molecule has 0 unspecified atom stereocenters. The maximum atomic E-state index is 11.0. The fraction of sp³-hybridized carbons (Fsp3) is 0.0714. The minimum Gasteiger partial charge on any atom is -0.449 e. The minimum atomic E-state index is -0.536. The molecule has 0 N–H and O–H groups in total. The number of nitro benzene ring substituents is 1. The molecule has 5 nitrogen and oxygen atoms in total. The standard InChI is InChI=1S/C14H10ClNO4/c1-9-2-4-12(16(18)19)14(6-9)20-13-5-3-11(15)7-10(13)8-17/h2-8H,1H3.